The summed E-state index contributed by atoms with van der Waals surface area (Å²) in [6.45, 7) is 7.57. The Morgan fingerprint density at radius 2 is 1.81 bits per heavy atom. The van der Waals surface area contributed by atoms with Gasteiger partial charge in [-0.2, -0.15) is 0 Å². The van der Waals surface area contributed by atoms with Crippen molar-refractivity contribution in [2.24, 2.45) is 5.41 Å². The zero-order valence-corrected chi connectivity index (χ0v) is 13.1. The number of carbonyl (C=O) groups is 2. The fraction of sp³-hybridized carbons (Fsp3) is 0.647. The van der Waals surface area contributed by atoms with Crippen LogP contribution in [-0.4, -0.2) is 29.7 Å². The van der Waals surface area contributed by atoms with Crippen molar-refractivity contribution in [1.29, 1.82) is 0 Å². The van der Waals surface area contributed by atoms with Crippen molar-refractivity contribution >= 4 is 11.7 Å². The summed E-state index contributed by atoms with van der Waals surface area (Å²) in [5.74, 6) is 1.15. The van der Waals surface area contributed by atoms with Gasteiger partial charge in [-0.25, -0.2) is 0 Å². The van der Waals surface area contributed by atoms with Gasteiger partial charge in [-0.3, -0.25) is 9.59 Å². The average molecular weight is 289 g/mol. The molecule has 0 radical (unpaired) electrons. The van der Waals surface area contributed by atoms with Gasteiger partial charge in [0.05, 0.1) is 5.56 Å². The van der Waals surface area contributed by atoms with Crippen molar-refractivity contribution in [2.45, 2.75) is 52.9 Å². The van der Waals surface area contributed by atoms with Crippen LogP contribution >= 0.6 is 0 Å². The number of fused-ring (bicyclic) bond motifs is 1. The largest absolute Gasteiger partial charge is 0.455 e. The molecule has 3 rings (SSSR count). The number of rotatable bonds is 1. The van der Waals surface area contributed by atoms with Gasteiger partial charge in [0.15, 0.2) is 11.5 Å². The minimum atomic E-state index is -0.0835. The van der Waals surface area contributed by atoms with Crippen LogP contribution in [0, 0.1) is 12.3 Å². The number of ketones is 1. The molecule has 1 fully saturated rings. The van der Waals surface area contributed by atoms with Crippen LogP contribution < -0.4 is 0 Å². The lowest BCUT2D eigenvalue weighted by molar-refractivity contribution is 0.0686. The Balaban J connectivity index is 1.95. The lowest BCUT2D eigenvalue weighted by Gasteiger charge is -2.27. The summed E-state index contributed by atoms with van der Waals surface area (Å²) < 4.78 is 5.85. The fourth-order valence-electron chi connectivity index (χ4n) is 3.53. The molecule has 21 heavy (non-hydrogen) atoms. The molecule has 4 heteroatoms. The first-order chi connectivity index (χ1) is 9.89. The third-order valence-corrected chi connectivity index (χ3v) is 4.61. The first-order valence-electron chi connectivity index (χ1n) is 7.84. The Kier molecular flexibility index (Phi) is 3.42. The van der Waals surface area contributed by atoms with E-state index in [9.17, 15) is 9.59 Å². The molecule has 0 atom stereocenters. The van der Waals surface area contributed by atoms with Crippen LogP contribution in [0.1, 0.15) is 71.8 Å². The molecule has 0 bridgehead atoms. The molecular weight excluding hydrogens is 266 g/mol. The lowest BCUT2D eigenvalue weighted by atomic mass is 9.76. The number of furan rings is 1. The van der Waals surface area contributed by atoms with Gasteiger partial charge in [0.25, 0.3) is 5.91 Å². The molecule has 1 aliphatic heterocycles. The molecule has 0 unspecified atom stereocenters. The highest BCUT2D eigenvalue weighted by molar-refractivity contribution is 6.03. The molecule has 0 N–H and O–H groups in total. The number of Topliss-reactive ketones (excluding diaryl/α,β-unsaturated/α-hetero) is 1. The summed E-state index contributed by atoms with van der Waals surface area (Å²) in [5.41, 5.74) is 1.32. The number of likely N-dealkylation sites (tertiary alicyclic amines) is 1. The second-order valence-electron chi connectivity index (χ2n) is 7.15. The van der Waals surface area contributed by atoms with Gasteiger partial charge in [0.2, 0.25) is 0 Å². The fourth-order valence-corrected chi connectivity index (χ4v) is 3.53. The summed E-state index contributed by atoms with van der Waals surface area (Å²) in [5, 5.41) is 0. The van der Waals surface area contributed by atoms with Crippen LogP contribution in [-0.2, 0) is 6.42 Å². The van der Waals surface area contributed by atoms with Gasteiger partial charge in [-0.05, 0) is 31.6 Å². The van der Waals surface area contributed by atoms with Crippen molar-refractivity contribution in [1.82, 2.24) is 4.90 Å². The Bertz CT molecular complexity index is 591. The van der Waals surface area contributed by atoms with E-state index in [4.69, 9.17) is 4.42 Å². The van der Waals surface area contributed by atoms with Gasteiger partial charge in [-0.15, -0.1) is 0 Å². The van der Waals surface area contributed by atoms with E-state index in [1.165, 1.54) is 6.42 Å². The monoisotopic (exact) mass is 289 g/mol. The molecule has 0 saturated carbocycles. The molecule has 2 heterocycles. The number of hydrogen-bond donors (Lipinski definition) is 0. The smallest absolute Gasteiger partial charge is 0.289 e. The molecule has 0 spiro atoms. The van der Waals surface area contributed by atoms with Crippen LogP contribution in [0.15, 0.2) is 4.42 Å². The van der Waals surface area contributed by atoms with Crippen LogP contribution in [0.25, 0.3) is 0 Å². The van der Waals surface area contributed by atoms with Gasteiger partial charge in [0, 0.05) is 31.5 Å². The second-order valence-corrected chi connectivity index (χ2v) is 7.15. The summed E-state index contributed by atoms with van der Waals surface area (Å²) in [7, 11) is 0. The van der Waals surface area contributed by atoms with E-state index >= 15 is 0 Å². The summed E-state index contributed by atoms with van der Waals surface area (Å²) in [6, 6.07) is 0. The molecular formula is C17H23NO3. The Labute approximate surface area is 125 Å². The maximum absolute atomic E-state index is 12.6. The van der Waals surface area contributed by atoms with E-state index in [0.717, 1.165) is 37.9 Å². The van der Waals surface area contributed by atoms with Crippen LogP contribution in [0.2, 0.25) is 0 Å². The highest BCUT2D eigenvalue weighted by Gasteiger charge is 2.37. The van der Waals surface area contributed by atoms with Gasteiger partial charge in [0.1, 0.15) is 5.76 Å². The number of hydrogen-bond acceptors (Lipinski definition) is 3. The van der Waals surface area contributed by atoms with E-state index < -0.39 is 0 Å². The number of nitrogens with zero attached hydrogens (tertiary/aromatic N) is 1. The Morgan fingerprint density at radius 3 is 2.48 bits per heavy atom. The maximum atomic E-state index is 12.6. The van der Waals surface area contributed by atoms with Crippen molar-refractivity contribution in [3.05, 3.63) is 22.6 Å². The molecule has 1 aromatic rings. The van der Waals surface area contributed by atoms with Crippen molar-refractivity contribution < 1.29 is 14.0 Å². The Hall–Kier alpha value is -1.58. The number of amides is 1. The SMILES string of the molecule is Cc1c(C(=O)N2CCCCC2)oc2c1C(=O)CC(C)(C)C2. The molecule has 1 amide bonds. The van der Waals surface area contributed by atoms with E-state index in [-0.39, 0.29) is 17.1 Å². The second kappa shape index (κ2) is 5.00. The summed E-state index contributed by atoms with van der Waals surface area (Å²) >= 11 is 0. The number of piperidine rings is 1. The van der Waals surface area contributed by atoms with E-state index in [1.807, 2.05) is 11.8 Å². The molecule has 0 aromatic carbocycles. The quantitative estimate of drug-likeness (QED) is 0.796. The third-order valence-electron chi connectivity index (χ3n) is 4.61. The summed E-state index contributed by atoms with van der Waals surface area (Å²) in [4.78, 5) is 26.8. The summed E-state index contributed by atoms with van der Waals surface area (Å²) in [6.07, 6.45) is 4.54. The van der Waals surface area contributed by atoms with Crippen molar-refractivity contribution in [2.75, 3.05) is 13.1 Å². The van der Waals surface area contributed by atoms with Gasteiger partial charge in [-0.1, -0.05) is 13.8 Å². The molecule has 1 aliphatic carbocycles. The standard InChI is InChI=1S/C17H23NO3/c1-11-14-12(19)9-17(2,3)10-13(14)21-15(11)16(20)18-7-5-4-6-8-18/h4-10H2,1-3H3. The van der Waals surface area contributed by atoms with E-state index in [2.05, 4.69) is 13.8 Å². The zero-order chi connectivity index (χ0) is 15.2. The first kappa shape index (κ1) is 14.4. The molecule has 1 aromatic heterocycles. The minimum absolute atomic E-state index is 0.0489. The van der Waals surface area contributed by atoms with Gasteiger partial charge < -0.3 is 9.32 Å². The van der Waals surface area contributed by atoms with Gasteiger partial charge >= 0.3 is 0 Å². The van der Waals surface area contributed by atoms with E-state index in [1.54, 1.807) is 0 Å². The molecule has 2 aliphatic rings. The van der Waals surface area contributed by atoms with E-state index in [0.29, 0.717) is 23.5 Å². The van der Waals surface area contributed by atoms with Crippen molar-refractivity contribution in [3.63, 3.8) is 0 Å². The van der Waals surface area contributed by atoms with Crippen LogP contribution in [0.3, 0.4) is 0 Å². The molecule has 114 valence electrons. The highest BCUT2D eigenvalue weighted by atomic mass is 16.4. The average Bonchev–Trinajstić information content (AvgIpc) is 2.74. The normalized spacial score (nSPS) is 21.3. The molecule has 1 saturated heterocycles. The Morgan fingerprint density at radius 1 is 1.14 bits per heavy atom. The predicted molar refractivity (Wildman–Crippen MR) is 79.6 cm³/mol. The lowest BCUT2D eigenvalue weighted by Crippen LogP contribution is -2.35. The highest BCUT2D eigenvalue weighted by Crippen LogP contribution is 2.38. The first-order valence-corrected chi connectivity index (χ1v) is 7.84. The zero-order valence-electron chi connectivity index (χ0n) is 13.1. The van der Waals surface area contributed by atoms with Crippen molar-refractivity contribution in [3.8, 4) is 0 Å². The van der Waals surface area contributed by atoms with Crippen LogP contribution in [0.5, 0.6) is 0 Å². The predicted octanol–water partition coefficient (Wildman–Crippen LogP) is 3.37. The van der Waals surface area contributed by atoms with Crippen LogP contribution in [0.4, 0.5) is 0 Å². The third kappa shape index (κ3) is 2.52. The topological polar surface area (TPSA) is 50.5 Å². The number of carbonyl (C=O) groups excluding carboxylic acids is 2. The maximum Gasteiger partial charge on any atom is 0.289 e. The molecule has 4 nitrogen and oxygen atoms in total. The minimum Gasteiger partial charge on any atom is -0.455 e.